The molecule has 2 heterocycles. The van der Waals surface area contributed by atoms with Gasteiger partial charge in [0.2, 0.25) is 0 Å². The SMILES string of the molecule is CCn1cc(Br)cc1C(=O)N1CCN(C[C@H](C)O)CC1. The summed E-state index contributed by atoms with van der Waals surface area (Å²) in [5.41, 5.74) is 0.739. The molecule has 6 heteroatoms. The highest BCUT2D eigenvalue weighted by molar-refractivity contribution is 9.10. The number of carbonyl (C=O) groups is 1. The van der Waals surface area contributed by atoms with Crippen LogP contribution in [-0.4, -0.2) is 64.2 Å². The van der Waals surface area contributed by atoms with Gasteiger partial charge in [-0.2, -0.15) is 0 Å². The largest absolute Gasteiger partial charge is 0.392 e. The Kier molecular flexibility index (Phi) is 5.23. The molecular weight excluding hydrogens is 322 g/mol. The molecule has 1 aromatic rings. The van der Waals surface area contributed by atoms with E-state index in [1.807, 2.05) is 28.7 Å². The number of aromatic nitrogens is 1. The molecule has 1 atom stereocenters. The maximum absolute atomic E-state index is 12.5. The fourth-order valence-electron chi connectivity index (χ4n) is 2.58. The Hall–Kier alpha value is -0.850. The molecule has 5 nitrogen and oxygen atoms in total. The fourth-order valence-corrected chi connectivity index (χ4v) is 3.05. The third-order valence-electron chi connectivity index (χ3n) is 3.60. The van der Waals surface area contributed by atoms with Crippen LogP contribution >= 0.6 is 15.9 Å². The van der Waals surface area contributed by atoms with Crippen molar-refractivity contribution in [3.8, 4) is 0 Å². The van der Waals surface area contributed by atoms with Gasteiger partial charge < -0.3 is 14.6 Å². The van der Waals surface area contributed by atoms with E-state index in [1.165, 1.54) is 0 Å². The second-order valence-corrected chi connectivity index (χ2v) is 6.19. The Morgan fingerprint density at radius 1 is 1.40 bits per heavy atom. The average molecular weight is 344 g/mol. The van der Waals surface area contributed by atoms with Crippen LogP contribution in [0.15, 0.2) is 16.7 Å². The van der Waals surface area contributed by atoms with Crippen molar-refractivity contribution in [2.75, 3.05) is 32.7 Å². The lowest BCUT2D eigenvalue weighted by molar-refractivity contribution is 0.0545. The Balaban J connectivity index is 1.98. The van der Waals surface area contributed by atoms with E-state index in [1.54, 1.807) is 6.92 Å². The number of halogens is 1. The van der Waals surface area contributed by atoms with Gasteiger partial charge in [-0.25, -0.2) is 0 Å². The average Bonchev–Trinajstić information content (AvgIpc) is 2.79. The van der Waals surface area contributed by atoms with Crippen molar-refractivity contribution in [3.63, 3.8) is 0 Å². The molecule has 0 aromatic carbocycles. The summed E-state index contributed by atoms with van der Waals surface area (Å²) in [6.45, 7) is 8.38. The molecule has 0 unspecified atom stereocenters. The summed E-state index contributed by atoms with van der Waals surface area (Å²) in [5.74, 6) is 0.0919. The molecule has 1 saturated heterocycles. The summed E-state index contributed by atoms with van der Waals surface area (Å²) in [6.07, 6.45) is 1.63. The highest BCUT2D eigenvalue weighted by atomic mass is 79.9. The first kappa shape index (κ1) is 15.5. The van der Waals surface area contributed by atoms with Gasteiger partial charge in [0.15, 0.2) is 0 Å². The number of aryl methyl sites for hydroxylation is 1. The van der Waals surface area contributed by atoms with Crippen molar-refractivity contribution in [2.45, 2.75) is 26.5 Å². The lowest BCUT2D eigenvalue weighted by Crippen LogP contribution is -2.50. The summed E-state index contributed by atoms with van der Waals surface area (Å²) in [5, 5.41) is 9.40. The van der Waals surface area contributed by atoms with E-state index in [4.69, 9.17) is 0 Å². The Morgan fingerprint density at radius 2 is 2.05 bits per heavy atom. The van der Waals surface area contributed by atoms with Crippen molar-refractivity contribution in [1.29, 1.82) is 0 Å². The molecule has 112 valence electrons. The Bertz CT molecular complexity index is 465. The van der Waals surface area contributed by atoms with Gasteiger partial charge in [-0.05, 0) is 35.8 Å². The summed E-state index contributed by atoms with van der Waals surface area (Å²) < 4.78 is 2.91. The number of amides is 1. The van der Waals surface area contributed by atoms with E-state index >= 15 is 0 Å². The van der Waals surface area contributed by atoms with Crippen molar-refractivity contribution in [3.05, 3.63) is 22.4 Å². The van der Waals surface area contributed by atoms with Gasteiger partial charge in [0.05, 0.1) is 6.10 Å². The van der Waals surface area contributed by atoms with E-state index in [0.717, 1.165) is 42.9 Å². The smallest absolute Gasteiger partial charge is 0.270 e. The van der Waals surface area contributed by atoms with Crippen LogP contribution in [0.1, 0.15) is 24.3 Å². The molecule has 20 heavy (non-hydrogen) atoms. The third kappa shape index (κ3) is 3.62. The van der Waals surface area contributed by atoms with Crippen LogP contribution in [0.3, 0.4) is 0 Å². The molecule has 1 amide bonds. The van der Waals surface area contributed by atoms with Crippen LogP contribution in [0.5, 0.6) is 0 Å². The molecule has 0 aliphatic carbocycles. The van der Waals surface area contributed by atoms with Gasteiger partial charge in [0, 0.05) is 49.9 Å². The van der Waals surface area contributed by atoms with Gasteiger partial charge in [-0.3, -0.25) is 9.69 Å². The van der Waals surface area contributed by atoms with E-state index in [9.17, 15) is 9.90 Å². The second-order valence-electron chi connectivity index (χ2n) is 5.27. The number of β-amino-alcohol motifs (C(OH)–C–C–N with tert-alkyl or cyclic N) is 1. The second kappa shape index (κ2) is 6.74. The minimum absolute atomic E-state index is 0.0919. The quantitative estimate of drug-likeness (QED) is 0.899. The number of piperazine rings is 1. The van der Waals surface area contributed by atoms with E-state index in [0.29, 0.717) is 6.54 Å². The standard InChI is InChI=1S/C14H22BrN3O2/c1-3-17-10-12(15)8-13(17)14(20)18-6-4-16(5-7-18)9-11(2)19/h8,10-11,19H,3-7,9H2,1-2H3/t11-/m0/s1. The third-order valence-corrected chi connectivity index (χ3v) is 4.04. The van der Waals surface area contributed by atoms with Crippen molar-refractivity contribution in [1.82, 2.24) is 14.4 Å². The number of aliphatic hydroxyl groups excluding tert-OH is 1. The van der Waals surface area contributed by atoms with Gasteiger partial charge in [0.25, 0.3) is 5.91 Å². The topological polar surface area (TPSA) is 48.7 Å². The van der Waals surface area contributed by atoms with Gasteiger partial charge in [0.1, 0.15) is 5.69 Å². The molecule has 2 rings (SSSR count). The van der Waals surface area contributed by atoms with E-state index in [2.05, 4.69) is 20.8 Å². The minimum atomic E-state index is -0.314. The van der Waals surface area contributed by atoms with Crippen molar-refractivity contribution in [2.24, 2.45) is 0 Å². The Morgan fingerprint density at radius 3 is 2.60 bits per heavy atom. The highest BCUT2D eigenvalue weighted by Gasteiger charge is 2.24. The van der Waals surface area contributed by atoms with Crippen molar-refractivity contribution >= 4 is 21.8 Å². The van der Waals surface area contributed by atoms with Crippen LogP contribution in [0, 0.1) is 0 Å². The van der Waals surface area contributed by atoms with Crippen LogP contribution in [0.4, 0.5) is 0 Å². The number of nitrogens with zero attached hydrogens (tertiary/aromatic N) is 3. The van der Waals surface area contributed by atoms with Crippen LogP contribution in [-0.2, 0) is 6.54 Å². The lowest BCUT2D eigenvalue weighted by atomic mass is 10.2. The first-order chi connectivity index (χ1) is 9.51. The molecule has 0 bridgehead atoms. The zero-order valence-corrected chi connectivity index (χ0v) is 13.6. The van der Waals surface area contributed by atoms with Crippen molar-refractivity contribution < 1.29 is 9.90 Å². The van der Waals surface area contributed by atoms with Gasteiger partial charge in [-0.1, -0.05) is 0 Å². The molecule has 0 spiro atoms. The monoisotopic (exact) mass is 343 g/mol. The van der Waals surface area contributed by atoms with Gasteiger partial charge in [-0.15, -0.1) is 0 Å². The normalized spacial score (nSPS) is 18.3. The van der Waals surface area contributed by atoms with E-state index < -0.39 is 0 Å². The first-order valence-corrected chi connectivity index (χ1v) is 7.86. The molecule has 0 radical (unpaired) electrons. The molecule has 1 fully saturated rings. The minimum Gasteiger partial charge on any atom is -0.392 e. The predicted molar refractivity (Wildman–Crippen MR) is 81.8 cm³/mol. The maximum Gasteiger partial charge on any atom is 0.270 e. The number of carbonyl (C=O) groups excluding carboxylic acids is 1. The van der Waals surface area contributed by atoms with Crippen LogP contribution in [0.2, 0.25) is 0 Å². The maximum atomic E-state index is 12.5. The highest BCUT2D eigenvalue weighted by Crippen LogP contribution is 2.17. The van der Waals surface area contributed by atoms with Crippen LogP contribution in [0.25, 0.3) is 0 Å². The van der Waals surface area contributed by atoms with Gasteiger partial charge >= 0.3 is 0 Å². The number of aliphatic hydroxyl groups is 1. The number of hydrogen-bond acceptors (Lipinski definition) is 3. The summed E-state index contributed by atoms with van der Waals surface area (Å²) in [4.78, 5) is 16.6. The molecular formula is C14H22BrN3O2. The number of rotatable bonds is 4. The molecule has 1 N–H and O–H groups in total. The van der Waals surface area contributed by atoms with E-state index in [-0.39, 0.29) is 12.0 Å². The Labute approximate surface area is 128 Å². The zero-order valence-electron chi connectivity index (χ0n) is 12.0. The molecule has 1 aromatic heterocycles. The zero-order chi connectivity index (χ0) is 14.7. The summed E-state index contributed by atoms with van der Waals surface area (Å²) in [7, 11) is 0. The fraction of sp³-hybridized carbons (Fsp3) is 0.643. The molecule has 1 aliphatic heterocycles. The predicted octanol–water partition coefficient (Wildman–Crippen LogP) is 1.41. The summed E-state index contributed by atoms with van der Waals surface area (Å²) in [6, 6.07) is 1.88. The van der Waals surface area contributed by atoms with Crippen LogP contribution < -0.4 is 0 Å². The first-order valence-electron chi connectivity index (χ1n) is 7.06. The molecule has 0 saturated carbocycles. The summed E-state index contributed by atoms with van der Waals surface area (Å²) >= 11 is 3.43. The number of hydrogen-bond donors (Lipinski definition) is 1. The lowest BCUT2D eigenvalue weighted by Gasteiger charge is -2.35. The molecule has 1 aliphatic rings.